The van der Waals surface area contributed by atoms with Crippen LogP contribution in [0.1, 0.15) is 24.2 Å². The van der Waals surface area contributed by atoms with Gasteiger partial charge in [-0.15, -0.1) is 6.58 Å². The van der Waals surface area contributed by atoms with E-state index in [1.165, 1.54) is 12.1 Å². The fraction of sp³-hybridized carbons (Fsp3) is 0.167. The summed E-state index contributed by atoms with van der Waals surface area (Å²) in [6.45, 7) is 3.58. The highest BCUT2D eigenvalue weighted by Gasteiger charge is 2.00. The van der Waals surface area contributed by atoms with E-state index in [1.54, 1.807) is 6.08 Å². The Hall–Kier alpha value is -1.95. The lowest BCUT2D eigenvalue weighted by molar-refractivity contribution is 0.618. The van der Waals surface area contributed by atoms with Gasteiger partial charge in [-0.25, -0.2) is 9.37 Å². The van der Waals surface area contributed by atoms with Gasteiger partial charge in [0.05, 0.1) is 0 Å². The van der Waals surface area contributed by atoms with E-state index >= 15 is 0 Å². The zero-order valence-electron chi connectivity index (χ0n) is 8.26. The van der Waals surface area contributed by atoms with Crippen LogP contribution in [0.2, 0.25) is 0 Å². The van der Waals surface area contributed by atoms with Crippen molar-refractivity contribution in [2.24, 2.45) is 0 Å². The van der Waals surface area contributed by atoms with Crippen molar-refractivity contribution in [2.75, 3.05) is 0 Å². The fourth-order valence-electron chi connectivity index (χ4n) is 0.956. The first kappa shape index (κ1) is 11.1. The Kier molecular flexibility index (Phi) is 4.24. The van der Waals surface area contributed by atoms with Gasteiger partial charge in [0.2, 0.25) is 0 Å². The summed E-state index contributed by atoms with van der Waals surface area (Å²) in [5, 5.41) is 6.94. The molecule has 0 aromatic carbocycles. The van der Waals surface area contributed by atoms with Gasteiger partial charge in [-0.2, -0.15) is 0 Å². The van der Waals surface area contributed by atoms with Crippen LogP contribution in [0.15, 0.2) is 24.8 Å². The summed E-state index contributed by atoms with van der Waals surface area (Å²) in [5.74, 6) is 5.20. The molecule has 0 aliphatic rings. The Balaban J connectivity index is 2.80. The highest BCUT2D eigenvalue weighted by molar-refractivity contribution is 5.74. The van der Waals surface area contributed by atoms with E-state index in [-0.39, 0.29) is 5.69 Å². The van der Waals surface area contributed by atoms with Gasteiger partial charge in [0.1, 0.15) is 11.4 Å². The summed E-state index contributed by atoms with van der Waals surface area (Å²) in [4.78, 5) is 3.87. The summed E-state index contributed by atoms with van der Waals surface area (Å²) in [5.41, 5.74) is 0.504. The number of nitrogens with zero attached hydrogens (tertiary/aromatic N) is 1. The Morgan fingerprint density at radius 3 is 3.00 bits per heavy atom. The number of unbranched alkanes of at least 4 members (excludes halogenated alkanes) is 1. The van der Waals surface area contributed by atoms with Crippen LogP contribution in [0.25, 0.3) is 0 Å². The molecule has 1 rings (SSSR count). The van der Waals surface area contributed by atoms with Crippen LogP contribution in [0.3, 0.4) is 0 Å². The maximum atomic E-state index is 12.9. The van der Waals surface area contributed by atoms with Gasteiger partial charge < -0.3 is 5.41 Å². The lowest BCUT2D eigenvalue weighted by Gasteiger charge is -1.94. The van der Waals surface area contributed by atoms with Crippen molar-refractivity contribution < 1.29 is 4.39 Å². The second-order valence-corrected chi connectivity index (χ2v) is 2.84. The van der Waals surface area contributed by atoms with Crippen LogP contribution in [-0.4, -0.2) is 11.2 Å². The summed E-state index contributed by atoms with van der Waals surface area (Å²) < 4.78 is 12.9. The van der Waals surface area contributed by atoms with E-state index < -0.39 is 5.82 Å². The van der Waals surface area contributed by atoms with E-state index in [0.29, 0.717) is 12.1 Å². The highest BCUT2D eigenvalue weighted by Crippen LogP contribution is 2.02. The lowest BCUT2D eigenvalue weighted by Crippen LogP contribution is -1.94. The van der Waals surface area contributed by atoms with Gasteiger partial charge in [-0.3, -0.25) is 0 Å². The molecular weight excluding hydrogens is 191 g/mol. The van der Waals surface area contributed by atoms with E-state index in [1.807, 2.05) is 0 Å². The monoisotopic (exact) mass is 202 g/mol. The van der Waals surface area contributed by atoms with Crippen LogP contribution in [-0.2, 0) is 0 Å². The molecule has 0 fully saturated rings. The molecule has 0 bridgehead atoms. The lowest BCUT2D eigenvalue weighted by atomic mass is 10.2. The molecular formula is C12H11FN2. The van der Waals surface area contributed by atoms with Gasteiger partial charge in [-0.05, 0) is 24.5 Å². The number of allylic oxidation sites excluding steroid dienone is 1. The highest BCUT2D eigenvalue weighted by atomic mass is 19.1. The molecule has 1 aromatic heterocycles. The smallest absolute Gasteiger partial charge is 0.150 e. The molecule has 0 radical (unpaired) electrons. The maximum Gasteiger partial charge on any atom is 0.150 e. The number of halogens is 1. The van der Waals surface area contributed by atoms with E-state index in [0.717, 1.165) is 12.6 Å². The first-order valence-corrected chi connectivity index (χ1v) is 4.54. The average Bonchev–Trinajstić information content (AvgIpc) is 2.26. The molecule has 1 aromatic rings. The van der Waals surface area contributed by atoms with Crippen LogP contribution in [0, 0.1) is 23.1 Å². The minimum Gasteiger partial charge on any atom is -0.306 e. The molecule has 0 aliphatic carbocycles. The van der Waals surface area contributed by atoms with Crippen LogP contribution in [0.4, 0.5) is 4.39 Å². The van der Waals surface area contributed by atoms with Gasteiger partial charge in [0.15, 0.2) is 5.82 Å². The molecule has 15 heavy (non-hydrogen) atoms. The molecule has 1 heterocycles. The number of nitrogens with one attached hydrogen (secondary N) is 1. The van der Waals surface area contributed by atoms with E-state index in [2.05, 4.69) is 23.4 Å². The molecule has 1 N–H and O–H groups in total. The molecule has 0 saturated heterocycles. The zero-order chi connectivity index (χ0) is 11.1. The third kappa shape index (κ3) is 3.35. The number of rotatable bonds is 3. The average molecular weight is 202 g/mol. The Morgan fingerprint density at radius 1 is 1.53 bits per heavy atom. The molecule has 76 valence electrons. The molecule has 0 amide bonds. The third-order valence-corrected chi connectivity index (χ3v) is 1.70. The predicted molar refractivity (Wildman–Crippen MR) is 58.4 cm³/mol. The standard InChI is InChI=1S/C12H11FN2/c1-2-3-4-5-6-10-7-8-11(13)12(9-14)15-10/h2,7-9,14H,1,3-4H2. The van der Waals surface area contributed by atoms with Crippen molar-refractivity contribution in [2.45, 2.75) is 12.8 Å². The van der Waals surface area contributed by atoms with Crippen molar-refractivity contribution in [3.8, 4) is 11.8 Å². The van der Waals surface area contributed by atoms with Crippen molar-refractivity contribution in [1.29, 1.82) is 5.41 Å². The number of hydrogen-bond donors (Lipinski definition) is 1. The Bertz CT molecular complexity index is 427. The minimum absolute atomic E-state index is 0.0190. The quantitative estimate of drug-likeness (QED) is 0.348. The second kappa shape index (κ2) is 5.71. The van der Waals surface area contributed by atoms with Gasteiger partial charge >= 0.3 is 0 Å². The van der Waals surface area contributed by atoms with Crippen molar-refractivity contribution >= 4 is 6.21 Å². The third-order valence-electron chi connectivity index (χ3n) is 1.70. The van der Waals surface area contributed by atoms with E-state index in [4.69, 9.17) is 5.41 Å². The fourth-order valence-corrected chi connectivity index (χ4v) is 0.956. The largest absolute Gasteiger partial charge is 0.306 e. The first-order chi connectivity index (χ1) is 7.27. The summed E-state index contributed by atoms with van der Waals surface area (Å²) in [6.07, 6.45) is 4.20. The molecule has 0 spiro atoms. The van der Waals surface area contributed by atoms with Gasteiger partial charge in [0.25, 0.3) is 0 Å². The second-order valence-electron chi connectivity index (χ2n) is 2.84. The van der Waals surface area contributed by atoms with Crippen LogP contribution in [0.5, 0.6) is 0 Å². The Morgan fingerprint density at radius 2 is 2.33 bits per heavy atom. The molecule has 0 unspecified atom stereocenters. The number of pyridine rings is 1. The molecule has 2 nitrogen and oxygen atoms in total. The number of hydrogen-bond acceptors (Lipinski definition) is 2. The van der Waals surface area contributed by atoms with E-state index in [9.17, 15) is 4.39 Å². The van der Waals surface area contributed by atoms with Gasteiger partial charge in [-0.1, -0.05) is 12.0 Å². The minimum atomic E-state index is -0.498. The Labute approximate surface area is 88.4 Å². The molecule has 0 atom stereocenters. The molecule has 0 saturated carbocycles. The number of aromatic nitrogens is 1. The maximum absolute atomic E-state index is 12.9. The topological polar surface area (TPSA) is 36.7 Å². The van der Waals surface area contributed by atoms with Gasteiger partial charge in [0, 0.05) is 12.6 Å². The SMILES string of the molecule is C=CCCC#Cc1ccc(F)c(C=N)n1. The zero-order valence-corrected chi connectivity index (χ0v) is 8.26. The van der Waals surface area contributed by atoms with Crippen molar-refractivity contribution in [3.63, 3.8) is 0 Å². The van der Waals surface area contributed by atoms with Crippen molar-refractivity contribution in [3.05, 3.63) is 42.0 Å². The van der Waals surface area contributed by atoms with Crippen LogP contribution < -0.4 is 0 Å². The van der Waals surface area contributed by atoms with Crippen LogP contribution >= 0.6 is 0 Å². The molecule has 3 heteroatoms. The summed E-state index contributed by atoms with van der Waals surface area (Å²) in [7, 11) is 0. The summed E-state index contributed by atoms with van der Waals surface area (Å²) >= 11 is 0. The normalized spacial score (nSPS) is 8.87. The summed E-state index contributed by atoms with van der Waals surface area (Å²) in [6, 6.07) is 2.77. The first-order valence-electron chi connectivity index (χ1n) is 4.54. The molecule has 0 aliphatic heterocycles. The predicted octanol–water partition coefficient (Wildman–Crippen LogP) is 2.54. The van der Waals surface area contributed by atoms with Crippen molar-refractivity contribution in [1.82, 2.24) is 4.98 Å².